The normalized spacial score (nSPS) is 20.6. The lowest BCUT2D eigenvalue weighted by molar-refractivity contribution is 0.0197. The minimum atomic E-state index is -0.933. The molecule has 6 nitrogen and oxygen atoms in total. The van der Waals surface area contributed by atoms with E-state index in [1.165, 1.54) is 30.3 Å². The fourth-order valence-corrected chi connectivity index (χ4v) is 2.47. The van der Waals surface area contributed by atoms with E-state index in [0.29, 0.717) is 11.1 Å². The van der Waals surface area contributed by atoms with Crippen LogP contribution in [0.3, 0.4) is 0 Å². The van der Waals surface area contributed by atoms with Crippen molar-refractivity contribution in [3.63, 3.8) is 0 Å². The molecule has 2 aromatic carbocycles. The van der Waals surface area contributed by atoms with E-state index in [1.54, 1.807) is 0 Å². The van der Waals surface area contributed by atoms with Gasteiger partial charge in [0.1, 0.15) is 23.4 Å². The third kappa shape index (κ3) is 2.30. The molecule has 0 aliphatic carbocycles. The first-order valence-corrected chi connectivity index (χ1v) is 6.37. The summed E-state index contributed by atoms with van der Waals surface area (Å²) in [6.45, 7) is 0. The molecule has 2 atom stereocenters. The number of aliphatic hydroxyl groups excluding tert-OH is 1. The van der Waals surface area contributed by atoms with Crippen molar-refractivity contribution in [2.24, 2.45) is 0 Å². The summed E-state index contributed by atoms with van der Waals surface area (Å²) in [4.78, 5) is 0. The van der Waals surface area contributed by atoms with Crippen molar-refractivity contribution in [1.82, 2.24) is 0 Å². The van der Waals surface area contributed by atoms with Gasteiger partial charge in [-0.25, -0.2) is 0 Å². The number of benzene rings is 2. The molecule has 0 amide bonds. The molecule has 110 valence electrons. The van der Waals surface area contributed by atoms with Crippen LogP contribution in [0.1, 0.15) is 17.2 Å². The van der Waals surface area contributed by atoms with E-state index in [1.807, 2.05) is 0 Å². The Labute approximate surface area is 120 Å². The zero-order chi connectivity index (χ0) is 15.1. The van der Waals surface area contributed by atoms with Crippen molar-refractivity contribution < 1.29 is 30.3 Å². The Morgan fingerprint density at radius 3 is 2.38 bits per heavy atom. The second-order valence-electron chi connectivity index (χ2n) is 5.00. The largest absolute Gasteiger partial charge is 0.508 e. The van der Waals surface area contributed by atoms with E-state index in [9.17, 15) is 25.5 Å². The van der Waals surface area contributed by atoms with E-state index in [0.717, 1.165) is 0 Å². The molecule has 0 spiro atoms. The molecule has 5 N–H and O–H groups in total. The first-order chi connectivity index (χ1) is 9.95. The van der Waals surface area contributed by atoms with E-state index in [-0.39, 0.29) is 35.2 Å². The van der Waals surface area contributed by atoms with Crippen LogP contribution in [0.25, 0.3) is 0 Å². The fourth-order valence-electron chi connectivity index (χ4n) is 2.47. The summed E-state index contributed by atoms with van der Waals surface area (Å²) in [5, 5.41) is 48.3. The predicted molar refractivity (Wildman–Crippen MR) is 72.6 cm³/mol. The highest BCUT2D eigenvalue weighted by molar-refractivity contribution is 5.52. The summed E-state index contributed by atoms with van der Waals surface area (Å²) < 4.78 is 5.62. The SMILES string of the molecule is Oc1cc(O)c2c(c1)O[C@@H](c1ccc(O)c(O)c1)[C@H](O)[13CH2]2. The van der Waals surface area contributed by atoms with Crippen LogP contribution in [0.2, 0.25) is 0 Å². The average Bonchev–Trinajstić information content (AvgIpc) is 2.42. The maximum Gasteiger partial charge on any atom is 0.157 e. The minimum Gasteiger partial charge on any atom is -0.508 e. The summed E-state index contributed by atoms with van der Waals surface area (Å²) in [6.07, 6.45) is -1.56. The monoisotopic (exact) mass is 291 g/mol. The molecule has 1 aliphatic rings. The summed E-state index contributed by atoms with van der Waals surface area (Å²) in [5.74, 6) is -0.589. The molecule has 6 heteroatoms. The van der Waals surface area contributed by atoms with E-state index in [2.05, 4.69) is 0 Å². The van der Waals surface area contributed by atoms with E-state index < -0.39 is 12.2 Å². The third-order valence-electron chi connectivity index (χ3n) is 3.51. The van der Waals surface area contributed by atoms with Crippen molar-refractivity contribution in [1.29, 1.82) is 0 Å². The molecule has 3 rings (SSSR count). The number of hydrogen-bond acceptors (Lipinski definition) is 6. The summed E-state index contributed by atoms with van der Waals surface area (Å²) in [6, 6.07) is 6.67. The van der Waals surface area contributed by atoms with Crippen LogP contribution in [0, 0.1) is 0 Å². The van der Waals surface area contributed by atoms with Crippen molar-refractivity contribution in [2.75, 3.05) is 0 Å². The first kappa shape index (κ1) is 13.4. The van der Waals surface area contributed by atoms with Crippen LogP contribution in [0.5, 0.6) is 28.7 Å². The van der Waals surface area contributed by atoms with Crippen molar-refractivity contribution in [2.45, 2.75) is 18.6 Å². The number of aromatic hydroxyl groups is 4. The van der Waals surface area contributed by atoms with Crippen LogP contribution >= 0.6 is 0 Å². The molecular weight excluding hydrogens is 277 g/mol. The number of phenols is 4. The maximum absolute atomic E-state index is 10.2. The zero-order valence-electron chi connectivity index (χ0n) is 10.9. The van der Waals surface area contributed by atoms with Crippen LogP contribution in [-0.2, 0) is 6.42 Å². The highest BCUT2D eigenvalue weighted by Crippen LogP contribution is 2.42. The number of aliphatic hydroxyl groups is 1. The summed E-state index contributed by atoms with van der Waals surface area (Å²) in [7, 11) is 0. The lowest BCUT2D eigenvalue weighted by atomic mass is 10.0. The second-order valence-corrected chi connectivity index (χ2v) is 5.00. The molecule has 1 aliphatic heterocycles. The minimum absolute atomic E-state index is 0.143. The van der Waals surface area contributed by atoms with Crippen LogP contribution in [0.4, 0.5) is 0 Å². The molecule has 21 heavy (non-hydrogen) atoms. The van der Waals surface area contributed by atoms with E-state index >= 15 is 0 Å². The average molecular weight is 291 g/mol. The molecule has 0 aromatic heterocycles. The Bertz CT molecular complexity index is 697. The number of phenolic OH excluding ortho intramolecular Hbond substituents is 4. The standard InChI is InChI=1S/C15H14O6/c16-8-4-11(18)9-6-13(20)15(21-14(9)5-8)7-1-2-10(17)12(19)3-7/h1-5,13,15-20H,6H2/t13-,15+/m1/s1/i6+1. The number of hydrogen-bond donors (Lipinski definition) is 5. The molecule has 1 heterocycles. The Balaban J connectivity index is 2.00. The zero-order valence-corrected chi connectivity index (χ0v) is 10.9. The van der Waals surface area contributed by atoms with Gasteiger partial charge in [-0.15, -0.1) is 0 Å². The van der Waals surface area contributed by atoms with Gasteiger partial charge >= 0.3 is 0 Å². The van der Waals surface area contributed by atoms with Crippen LogP contribution in [-0.4, -0.2) is 31.6 Å². The van der Waals surface area contributed by atoms with Crippen LogP contribution < -0.4 is 4.74 Å². The quantitative estimate of drug-likeness (QED) is 0.403. The highest BCUT2D eigenvalue weighted by atomic mass is 16.5. The predicted octanol–water partition coefficient (Wildman–Crippen LogP) is 1.55. The molecule has 0 fully saturated rings. The van der Waals surface area contributed by atoms with Crippen molar-refractivity contribution in [3.8, 4) is 28.7 Å². The second kappa shape index (κ2) is 4.75. The van der Waals surface area contributed by atoms with Gasteiger partial charge in [0.2, 0.25) is 0 Å². The van der Waals surface area contributed by atoms with Gasteiger partial charge in [-0.1, -0.05) is 6.07 Å². The van der Waals surface area contributed by atoms with Gasteiger partial charge in [-0.05, 0) is 17.7 Å². The lowest BCUT2D eigenvalue weighted by Gasteiger charge is -2.31. The summed E-state index contributed by atoms with van der Waals surface area (Å²) >= 11 is 0. The van der Waals surface area contributed by atoms with Gasteiger partial charge in [0.25, 0.3) is 0 Å². The lowest BCUT2D eigenvalue weighted by Crippen LogP contribution is -2.30. The molecule has 0 unspecified atom stereocenters. The number of fused-ring (bicyclic) bond motifs is 1. The molecule has 0 saturated carbocycles. The topological polar surface area (TPSA) is 110 Å². The highest BCUT2D eigenvalue weighted by Gasteiger charge is 2.32. The Hall–Kier alpha value is -2.60. The van der Waals surface area contributed by atoms with Gasteiger partial charge in [-0.3, -0.25) is 0 Å². The fraction of sp³-hybridized carbons (Fsp3) is 0.200. The van der Waals surface area contributed by atoms with Gasteiger partial charge in [0, 0.05) is 24.1 Å². The smallest absolute Gasteiger partial charge is 0.157 e. The van der Waals surface area contributed by atoms with E-state index in [4.69, 9.17) is 4.74 Å². The number of rotatable bonds is 1. The van der Waals surface area contributed by atoms with Crippen molar-refractivity contribution >= 4 is 0 Å². The van der Waals surface area contributed by atoms with Gasteiger partial charge in [-0.2, -0.15) is 0 Å². The Morgan fingerprint density at radius 1 is 0.905 bits per heavy atom. The van der Waals surface area contributed by atoms with Crippen LogP contribution in [0.15, 0.2) is 30.3 Å². The van der Waals surface area contributed by atoms with Gasteiger partial charge in [0.05, 0.1) is 6.10 Å². The molecule has 0 saturated heterocycles. The molecule has 0 radical (unpaired) electrons. The summed E-state index contributed by atoms with van der Waals surface area (Å²) in [5.41, 5.74) is 0.894. The van der Waals surface area contributed by atoms with Gasteiger partial charge in [0.15, 0.2) is 11.5 Å². The maximum atomic E-state index is 10.2. The molecule has 0 bridgehead atoms. The van der Waals surface area contributed by atoms with Gasteiger partial charge < -0.3 is 30.3 Å². The first-order valence-electron chi connectivity index (χ1n) is 6.37. The molecular formula is C15H14O6. The number of ether oxygens (including phenoxy) is 1. The third-order valence-corrected chi connectivity index (χ3v) is 3.51. The molecule has 2 aromatic rings. The van der Waals surface area contributed by atoms with Crippen molar-refractivity contribution in [3.05, 3.63) is 41.5 Å². The Morgan fingerprint density at radius 2 is 1.67 bits per heavy atom. The Kier molecular flexibility index (Phi) is 3.03.